The van der Waals surface area contributed by atoms with Crippen LogP contribution in [0.2, 0.25) is 0 Å². The fraction of sp³-hybridized carbons (Fsp3) is 0.0769. The average molecular weight is 311 g/mol. The third-order valence-corrected chi connectivity index (χ3v) is 3.65. The normalized spacial score (nSPS) is 11.1. The average Bonchev–Trinajstić information content (AvgIpc) is 2.40. The summed E-state index contributed by atoms with van der Waals surface area (Å²) >= 11 is 0. The molecule has 2 aromatic rings. The summed E-state index contributed by atoms with van der Waals surface area (Å²) in [7, 11) is -3.44. The van der Waals surface area contributed by atoms with Crippen molar-refractivity contribution in [2.75, 3.05) is 6.26 Å². The summed E-state index contributed by atoms with van der Waals surface area (Å²) < 4.78 is 41.8. The third-order valence-electron chi connectivity index (χ3n) is 2.54. The Morgan fingerprint density at radius 1 is 1.33 bits per heavy atom. The van der Waals surface area contributed by atoms with Crippen molar-refractivity contribution in [3.63, 3.8) is 0 Å². The molecule has 0 atom stereocenters. The van der Waals surface area contributed by atoms with Crippen LogP contribution in [0.25, 0.3) is 0 Å². The first-order valence-electron chi connectivity index (χ1n) is 5.65. The van der Waals surface area contributed by atoms with Gasteiger partial charge in [-0.25, -0.2) is 22.6 Å². The van der Waals surface area contributed by atoms with E-state index in [4.69, 9.17) is 9.84 Å². The molecule has 0 bridgehead atoms. The van der Waals surface area contributed by atoms with E-state index in [-0.39, 0.29) is 10.6 Å². The summed E-state index contributed by atoms with van der Waals surface area (Å²) in [6.07, 6.45) is 2.11. The van der Waals surface area contributed by atoms with Crippen molar-refractivity contribution in [3.05, 3.63) is 47.9 Å². The summed E-state index contributed by atoms with van der Waals surface area (Å²) in [5.74, 6) is -3.09. The Balaban J connectivity index is 2.40. The highest BCUT2D eigenvalue weighted by molar-refractivity contribution is 7.90. The second-order valence-corrected chi connectivity index (χ2v) is 6.15. The van der Waals surface area contributed by atoms with Crippen molar-refractivity contribution >= 4 is 15.8 Å². The van der Waals surface area contributed by atoms with Gasteiger partial charge >= 0.3 is 5.97 Å². The zero-order valence-corrected chi connectivity index (χ0v) is 11.6. The molecule has 0 fully saturated rings. The van der Waals surface area contributed by atoms with Crippen LogP contribution in [0.1, 0.15) is 10.4 Å². The molecule has 0 amide bonds. The van der Waals surface area contributed by atoms with Crippen LogP contribution in [0.5, 0.6) is 11.6 Å². The molecule has 8 heteroatoms. The number of benzene rings is 1. The van der Waals surface area contributed by atoms with Crippen LogP contribution >= 0.6 is 0 Å². The maximum atomic E-state index is 13.9. The van der Waals surface area contributed by atoms with Crippen LogP contribution < -0.4 is 4.74 Å². The summed E-state index contributed by atoms with van der Waals surface area (Å²) in [5, 5.41) is 8.80. The number of aromatic carboxylic acids is 1. The van der Waals surface area contributed by atoms with Crippen molar-refractivity contribution in [1.29, 1.82) is 0 Å². The molecule has 1 aromatic carbocycles. The summed E-state index contributed by atoms with van der Waals surface area (Å²) in [4.78, 5) is 14.4. The molecule has 0 aliphatic carbocycles. The molecule has 0 aliphatic heterocycles. The Morgan fingerprint density at radius 2 is 2.05 bits per heavy atom. The molecule has 0 saturated carbocycles. The Morgan fingerprint density at radius 3 is 2.67 bits per heavy atom. The molecule has 21 heavy (non-hydrogen) atoms. The first kappa shape index (κ1) is 14.9. The van der Waals surface area contributed by atoms with Gasteiger partial charge < -0.3 is 9.84 Å². The van der Waals surface area contributed by atoms with Gasteiger partial charge in [0, 0.05) is 12.5 Å². The largest absolute Gasteiger partial charge is 0.478 e. The van der Waals surface area contributed by atoms with Gasteiger partial charge in [0.15, 0.2) is 15.7 Å². The van der Waals surface area contributed by atoms with E-state index in [0.29, 0.717) is 0 Å². The van der Waals surface area contributed by atoms with Gasteiger partial charge in [-0.2, -0.15) is 0 Å². The van der Waals surface area contributed by atoms with E-state index in [9.17, 15) is 17.6 Å². The Hall–Kier alpha value is -2.48. The quantitative estimate of drug-likeness (QED) is 0.929. The number of nitrogens with zero attached hydrogens (tertiary/aromatic N) is 1. The van der Waals surface area contributed by atoms with Crippen molar-refractivity contribution in [3.8, 4) is 11.6 Å². The summed E-state index contributed by atoms with van der Waals surface area (Å²) in [6, 6.07) is 6.38. The minimum Gasteiger partial charge on any atom is -0.478 e. The first-order valence-corrected chi connectivity index (χ1v) is 7.54. The third kappa shape index (κ3) is 3.34. The molecule has 0 unspecified atom stereocenters. The molecule has 1 N–H and O–H groups in total. The van der Waals surface area contributed by atoms with Crippen molar-refractivity contribution in [2.45, 2.75) is 4.90 Å². The van der Waals surface area contributed by atoms with Gasteiger partial charge in [0.2, 0.25) is 0 Å². The fourth-order valence-electron chi connectivity index (χ4n) is 1.54. The monoisotopic (exact) mass is 311 g/mol. The highest BCUT2D eigenvalue weighted by atomic mass is 32.2. The lowest BCUT2D eigenvalue weighted by Gasteiger charge is -2.08. The van der Waals surface area contributed by atoms with Crippen LogP contribution in [-0.4, -0.2) is 30.7 Å². The van der Waals surface area contributed by atoms with Crippen LogP contribution in [0, 0.1) is 5.82 Å². The molecular formula is C13H10FNO5S. The van der Waals surface area contributed by atoms with E-state index in [1.54, 1.807) is 0 Å². The smallest absolute Gasteiger partial charge is 0.338 e. The molecule has 1 aromatic heterocycles. The van der Waals surface area contributed by atoms with Gasteiger partial charge in [-0.1, -0.05) is 6.07 Å². The van der Waals surface area contributed by atoms with E-state index in [1.807, 2.05) is 0 Å². The zero-order chi connectivity index (χ0) is 15.6. The first-order chi connectivity index (χ1) is 9.79. The van der Waals surface area contributed by atoms with Gasteiger partial charge in [0.05, 0.1) is 4.90 Å². The number of sulfone groups is 1. The Bertz CT molecular complexity index is 804. The van der Waals surface area contributed by atoms with Gasteiger partial charge in [0.25, 0.3) is 5.88 Å². The van der Waals surface area contributed by atoms with Gasteiger partial charge in [-0.15, -0.1) is 0 Å². The highest BCUT2D eigenvalue weighted by Crippen LogP contribution is 2.25. The van der Waals surface area contributed by atoms with Crippen LogP contribution in [0.4, 0.5) is 4.39 Å². The molecule has 6 nitrogen and oxygen atoms in total. The lowest BCUT2D eigenvalue weighted by atomic mass is 10.2. The molecule has 0 aliphatic rings. The molecular weight excluding hydrogens is 301 g/mol. The molecule has 0 spiro atoms. The van der Waals surface area contributed by atoms with E-state index >= 15 is 0 Å². The number of carbonyl (C=O) groups is 1. The highest BCUT2D eigenvalue weighted by Gasteiger charge is 2.17. The summed E-state index contributed by atoms with van der Waals surface area (Å²) in [6.45, 7) is 0. The molecule has 1 heterocycles. The SMILES string of the molecule is CS(=O)(=O)c1cccc(Oc2nccc(C(=O)O)c2F)c1. The molecule has 0 saturated heterocycles. The maximum Gasteiger partial charge on any atom is 0.338 e. The topological polar surface area (TPSA) is 93.6 Å². The Labute approximate surface area is 119 Å². The van der Waals surface area contributed by atoms with E-state index in [0.717, 1.165) is 18.5 Å². The molecule has 0 radical (unpaired) electrons. The van der Waals surface area contributed by atoms with Gasteiger partial charge in [0.1, 0.15) is 11.3 Å². The van der Waals surface area contributed by atoms with E-state index in [2.05, 4.69) is 4.98 Å². The number of halogens is 1. The number of hydrogen-bond donors (Lipinski definition) is 1. The number of ether oxygens (including phenoxy) is 1. The number of carboxylic acid groups (broad SMARTS) is 1. The van der Waals surface area contributed by atoms with Crippen LogP contribution in [-0.2, 0) is 9.84 Å². The number of aromatic nitrogens is 1. The van der Waals surface area contributed by atoms with Crippen molar-refractivity contribution in [2.24, 2.45) is 0 Å². The summed E-state index contributed by atoms with van der Waals surface area (Å²) in [5.41, 5.74) is -0.584. The maximum absolute atomic E-state index is 13.9. The van der Waals surface area contributed by atoms with Crippen LogP contribution in [0.3, 0.4) is 0 Å². The van der Waals surface area contributed by atoms with Crippen molar-refractivity contribution in [1.82, 2.24) is 4.98 Å². The van der Waals surface area contributed by atoms with Crippen LogP contribution in [0.15, 0.2) is 41.4 Å². The number of hydrogen-bond acceptors (Lipinski definition) is 5. The van der Waals surface area contributed by atoms with Gasteiger partial charge in [-0.3, -0.25) is 0 Å². The predicted molar refractivity (Wildman–Crippen MR) is 70.8 cm³/mol. The Kier molecular flexibility index (Phi) is 3.90. The van der Waals surface area contributed by atoms with E-state index in [1.165, 1.54) is 24.3 Å². The zero-order valence-electron chi connectivity index (χ0n) is 10.8. The fourth-order valence-corrected chi connectivity index (χ4v) is 2.20. The van der Waals surface area contributed by atoms with E-state index < -0.39 is 33.1 Å². The lowest BCUT2D eigenvalue weighted by molar-refractivity contribution is 0.0690. The predicted octanol–water partition coefficient (Wildman–Crippen LogP) is 2.11. The van der Waals surface area contributed by atoms with Crippen molar-refractivity contribution < 1.29 is 27.4 Å². The molecule has 2 rings (SSSR count). The van der Waals surface area contributed by atoms with Gasteiger partial charge in [-0.05, 0) is 24.3 Å². The number of pyridine rings is 1. The second kappa shape index (κ2) is 5.49. The number of rotatable bonds is 4. The second-order valence-electron chi connectivity index (χ2n) is 4.13. The lowest BCUT2D eigenvalue weighted by Crippen LogP contribution is -2.04. The minimum absolute atomic E-state index is 0.00482. The minimum atomic E-state index is -3.44. The standard InChI is InChI=1S/C13H10FNO5S/c1-21(18,19)9-4-2-3-8(7-9)20-12-11(14)10(13(16)17)5-6-15-12/h2-7H,1H3,(H,16,17). The molecule has 110 valence electrons. The number of carboxylic acids is 1.